The SMILES string of the molecule is Cc1cccc(NC(=O)c2ccc(N3C[C@H]4C[C@@H](C3)c3cccc(=O)n3C4)c(NC(=O)c3cccs3)c2)n1. The summed E-state index contributed by atoms with van der Waals surface area (Å²) in [5, 5.41) is 7.76. The number of pyridine rings is 2. The first-order valence-electron chi connectivity index (χ1n) is 12.6. The predicted octanol–water partition coefficient (Wildman–Crippen LogP) is 4.74. The molecule has 0 spiro atoms. The molecule has 2 bridgehead atoms. The third-order valence-electron chi connectivity index (χ3n) is 7.20. The third kappa shape index (κ3) is 4.72. The maximum atomic E-state index is 13.1. The lowest BCUT2D eigenvalue weighted by Crippen LogP contribution is -2.47. The predicted molar refractivity (Wildman–Crippen MR) is 149 cm³/mol. The van der Waals surface area contributed by atoms with Crippen molar-refractivity contribution < 1.29 is 9.59 Å². The van der Waals surface area contributed by atoms with Crippen molar-refractivity contribution in [3.63, 3.8) is 0 Å². The number of hydrogen-bond donors (Lipinski definition) is 2. The van der Waals surface area contributed by atoms with Crippen molar-refractivity contribution in [2.45, 2.75) is 25.8 Å². The number of aryl methyl sites for hydroxylation is 1. The Morgan fingerprint density at radius 3 is 2.63 bits per heavy atom. The van der Waals surface area contributed by atoms with Crippen molar-refractivity contribution in [1.82, 2.24) is 9.55 Å². The normalized spacial score (nSPS) is 18.0. The van der Waals surface area contributed by atoms with Crippen LogP contribution in [0.3, 0.4) is 0 Å². The van der Waals surface area contributed by atoms with E-state index in [0.717, 1.165) is 36.6 Å². The Kier molecular flexibility index (Phi) is 6.29. The molecule has 1 saturated heterocycles. The van der Waals surface area contributed by atoms with E-state index in [2.05, 4.69) is 20.5 Å². The van der Waals surface area contributed by atoms with Crippen LogP contribution in [0.15, 0.2) is 76.9 Å². The highest BCUT2D eigenvalue weighted by molar-refractivity contribution is 7.12. The monoisotopic (exact) mass is 525 g/mol. The molecule has 9 heteroatoms. The number of carbonyl (C=O) groups is 2. The van der Waals surface area contributed by atoms with Gasteiger partial charge in [0.2, 0.25) is 0 Å². The molecule has 8 nitrogen and oxygen atoms in total. The van der Waals surface area contributed by atoms with Gasteiger partial charge in [-0.25, -0.2) is 4.98 Å². The summed E-state index contributed by atoms with van der Waals surface area (Å²) in [5.74, 6) is 0.490. The average Bonchev–Trinajstić information content (AvgIpc) is 3.45. The number of amides is 2. The van der Waals surface area contributed by atoms with Gasteiger partial charge in [-0.15, -0.1) is 11.3 Å². The lowest BCUT2D eigenvalue weighted by Gasteiger charge is -2.44. The van der Waals surface area contributed by atoms with E-state index in [4.69, 9.17) is 0 Å². The Labute approximate surface area is 224 Å². The number of aromatic nitrogens is 2. The molecule has 2 N–H and O–H groups in total. The number of piperidine rings is 1. The van der Waals surface area contributed by atoms with Gasteiger partial charge < -0.3 is 20.1 Å². The number of hydrogen-bond acceptors (Lipinski definition) is 6. The first-order chi connectivity index (χ1) is 18.4. The van der Waals surface area contributed by atoms with E-state index >= 15 is 0 Å². The van der Waals surface area contributed by atoms with Gasteiger partial charge in [-0.2, -0.15) is 0 Å². The van der Waals surface area contributed by atoms with Crippen molar-refractivity contribution in [2.75, 3.05) is 28.6 Å². The molecule has 5 heterocycles. The summed E-state index contributed by atoms with van der Waals surface area (Å²) in [7, 11) is 0. The molecule has 0 radical (unpaired) electrons. The van der Waals surface area contributed by atoms with Crippen LogP contribution in [-0.2, 0) is 6.54 Å². The van der Waals surface area contributed by atoms with Gasteiger partial charge in [-0.1, -0.05) is 18.2 Å². The molecule has 0 unspecified atom stereocenters. The van der Waals surface area contributed by atoms with Crippen LogP contribution in [0, 0.1) is 12.8 Å². The average molecular weight is 526 g/mol. The standard InChI is InChI=1S/C29H27N5O3S/c1-18-5-2-8-26(30-18)32-28(36)20-10-11-24(22(14-20)31-29(37)25-7-4-12-38-25)33-15-19-13-21(17-33)23-6-3-9-27(35)34(23)16-19/h2-12,14,19,21H,13,15-17H2,1H3,(H,31,37)(H,30,32,36)/t19-,21+/m1/s1. The smallest absolute Gasteiger partial charge is 0.265 e. The molecule has 0 saturated carbocycles. The van der Waals surface area contributed by atoms with Crippen LogP contribution in [-0.4, -0.2) is 34.5 Å². The minimum absolute atomic E-state index is 0.0491. The lowest BCUT2D eigenvalue weighted by molar-refractivity contribution is 0.101. The number of nitrogens with one attached hydrogen (secondary N) is 2. The summed E-state index contributed by atoms with van der Waals surface area (Å²) >= 11 is 1.37. The fourth-order valence-corrected chi connectivity index (χ4v) is 6.16. The third-order valence-corrected chi connectivity index (χ3v) is 8.07. The molecule has 3 aromatic heterocycles. The van der Waals surface area contributed by atoms with Gasteiger partial charge in [0.05, 0.1) is 16.3 Å². The number of benzene rings is 1. The van der Waals surface area contributed by atoms with E-state index in [1.165, 1.54) is 11.3 Å². The molecule has 2 aliphatic heterocycles. The van der Waals surface area contributed by atoms with E-state index in [1.54, 1.807) is 30.3 Å². The highest BCUT2D eigenvalue weighted by Gasteiger charge is 2.35. The quantitative estimate of drug-likeness (QED) is 0.392. The zero-order chi connectivity index (χ0) is 26.2. The van der Waals surface area contributed by atoms with Crippen LogP contribution < -0.4 is 21.1 Å². The Morgan fingerprint density at radius 1 is 0.947 bits per heavy atom. The van der Waals surface area contributed by atoms with Crippen molar-refractivity contribution >= 4 is 40.3 Å². The topological polar surface area (TPSA) is 96.3 Å². The highest BCUT2D eigenvalue weighted by atomic mass is 32.1. The molecular weight excluding hydrogens is 498 g/mol. The summed E-state index contributed by atoms with van der Waals surface area (Å²) in [6.07, 6.45) is 1.03. The summed E-state index contributed by atoms with van der Waals surface area (Å²) in [5.41, 5.74) is 3.78. The second kappa shape index (κ2) is 9.90. The van der Waals surface area contributed by atoms with Gasteiger partial charge >= 0.3 is 0 Å². The van der Waals surface area contributed by atoms with Gasteiger partial charge in [0.25, 0.3) is 17.4 Å². The van der Waals surface area contributed by atoms with E-state index in [0.29, 0.717) is 34.4 Å². The van der Waals surface area contributed by atoms with Crippen LogP contribution in [0.2, 0.25) is 0 Å². The van der Waals surface area contributed by atoms with Crippen LogP contribution in [0.5, 0.6) is 0 Å². The minimum atomic E-state index is -0.301. The molecule has 2 atom stereocenters. The molecule has 192 valence electrons. The van der Waals surface area contributed by atoms with Gasteiger partial charge in [-0.3, -0.25) is 14.4 Å². The maximum Gasteiger partial charge on any atom is 0.265 e. The molecule has 2 amide bonds. The van der Waals surface area contributed by atoms with Crippen LogP contribution in [0.1, 0.15) is 43.8 Å². The number of fused-ring (bicyclic) bond motifs is 4. The fraction of sp³-hybridized carbons (Fsp3) is 0.241. The number of anilines is 3. The van der Waals surface area contributed by atoms with Crippen molar-refractivity contribution in [2.24, 2.45) is 5.92 Å². The minimum Gasteiger partial charge on any atom is -0.369 e. The number of carbonyl (C=O) groups excluding carboxylic acids is 2. The first-order valence-corrected chi connectivity index (χ1v) is 13.5. The summed E-state index contributed by atoms with van der Waals surface area (Å²) in [6.45, 7) is 4.03. The fourth-order valence-electron chi connectivity index (χ4n) is 5.54. The van der Waals surface area contributed by atoms with E-state index in [-0.39, 0.29) is 23.3 Å². The van der Waals surface area contributed by atoms with Crippen LogP contribution >= 0.6 is 11.3 Å². The Bertz CT molecular complexity index is 1580. The number of nitrogens with zero attached hydrogens (tertiary/aromatic N) is 3. The summed E-state index contributed by atoms with van der Waals surface area (Å²) in [4.78, 5) is 45.8. The lowest BCUT2D eigenvalue weighted by atomic mass is 9.83. The number of rotatable bonds is 5. The van der Waals surface area contributed by atoms with Gasteiger partial charge in [0, 0.05) is 48.6 Å². The number of thiophene rings is 1. The van der Waals surface area contributed by atoms with E-state index < -0.39 is 0 Å². The zero-order valence-electron chi connectivity index (χ0n) is 20.9. The van der Waals surface area contributed by atoms with Crippen molar-refractivity contribution in [1.29, 1.82) is 0 Å². The van der Waals surface area contributed by atoms with Crippen LogP contribution in [0.25, 0.3) is 0 Å². The molecule has 2 aliphatic rings. The van der Waals surface area contributed by atoms with E-state index in [9.17, 15) is 14.4 Å². The van der Waals surface area contributed by atoms with Crippen molar-refractivity contribution in [3.8, 4) is 0 Å². The highest BCUT2D eigenvalue weighted by Crippen LogP contribution is 2.39. The van der Waals surface area contributed by atoms with Gasteiger partial charge in [-0.05, 0) is 67.1 Å². The molecule has 4 aromatic rings. The molecule has 6 rings (SSSR count). The molecular formula is C29H27N5O3S. The largest absolute Gasteiger partial charge is 0.369 e. The second-order valence-electron chi connectivity index (χ2n) is 9.88. The molecule has 0 aliphatic carbocycles. The Morgan fingerprint density at radius 2 is 1.82 bits per heavy atom. The zero-order valence-corrected chi connectivity index (χ0v) is 21.7. The van der Waals surface area contributed by atoms with E-state index in [1.807, 2.05) is 53.3 Å². The Hall–Kier alpha value is -4.24. The summed E-state index contributed by atoms with van der Waals surface area (Å²) < 4.78 is 1.91. The Balaban J connectivity index is 1.32. The molecule has 38 heavy (non-hydrogen) atoms. The van der Waals surface area contributed by atoms with Gasteiger partial charge in [0.1, 0.15) is 5.82 Å². The molecule has 1 fully saturated rings. The van der Waals surface area contributed by atoms with Crippen LogP contribution in [0.4, 0.5) is 17.2 Å². The second-order valence-corrected chi connectivity index (χ2v) is 10.8. The van der Waals surface area contributed by atoms with Gasteiger partial charge in [0.15, 0.2) is 0 Å². The summed E-state index contributed by atoms with van der Waals surface area (Å²) in [6, 6.07) is 20.0. The first kappa shape index (κ1) is 24.1. The maximum absolute atomic E-state index is 13.1. The molecule has 1 aromatic carbocycles. The van der Waals surface area contributed by atoms with Crippen molar-refractivity contribution in [3.05, 3.63) is 104 Å².